The van der Waals surface area contributed by atoms with Gasteiger partial charge in [0.2, 0.25) is 0 Å². The van der Waals surface area contributed by atoms with Crippen LogP contribution in [0.1, 0.15) is 34.5 Å². The van der Waals surface area contributed by atoms with E-state index in [9.17, 15) is 4.79 Å². The number of amides is 1. The largest absolute Gasteiger partial charge is 0.497 e. The highest BCUT2D eigenvalue weighted by atomic mass is 79.9. The first-order valence-electron chi connectivity index (χ1n) is 7.84. The Kier molecular flexibility index (Phi) is 5.00. The predicted octanol–water partition coefficient (Wildman–Crippen LogP) is 2.96. The molecular weight excluding hydrogens is 358 g/mol. The number of aryl methyl sites for hydroxylation is 1. The molecule has 1 aromatic carbocycles. The lowest BCUT2D eigenvalue weighted by molar-refractivity contribution is 0.0950. The average molecular weight is 378 g/mol. The van der Waals surface area contributed by atoms with E-state index in [4.69, 9.17) is 4.74 Å². The molecular formula is C17H20BrN3O2. The molecule has 0 spiro atoms. The first-order valence-corrected chi connectivity index (χ1v) is 8.63. The van der Waals surface area contributed by atoms with Crippen molar-refractivity contribution in [2.75, 3.05) is 13.7 Å². The van der Waals surface area contributed by atoms with Gasteiger partial charge in [0.05, 0.1) is 25.4 Å². The van der Waals surface area contributed by atoms with Crippen molar-refractivity contribution >= 4 is 21.8 Å². The standard InChI is InChI=1S/C17H20BrN3O2/c1-23-13-6-7-15(18)14(10-13)17(22)19-8-9-21-16-5-3-2-4-12(16)11-20-21/h6-7,10-11H,2-5,8-9H2,1H3,(H,19,22). The number of carbonyl (C=O) groups excluding carboxylic acids is 1. The molecule has 0 unspecified atom stereocenters. The molecule has 0 fully saturated rings. The lowest BCUT2D eigenvalue weighted by Crippen LogP contribution is -2.28. The average Bonchev–Trinajstić information content (AvgIpc) is 2.98. The zero-order valence-electron chi connectivity index (χ0n) is 13.1. The van der Waals surface area contributed by atoms with Gasteiger partial charge in [-0.1, -0.05) is 0 Å². The second-order valence-electron chi connectivity index (χ2n) is 5.65. The molecule has 0 radical (unpaired) electrons. The maximum absolute atomic E-state index is 12.3. The number of rotatable bonds is 5. The number of benzene rings is 1. The van der Waals surface area contributed by atoms with Crippen molar-refractivity contribution in [3.63, 3.8) is 0 Å². The van der Waals surface area contributed by atoms with Crippen LogP contribution >= 0.6 is 15.9 Å². The van der Waals surface area contributed by atoms with Crippen molar-refractivity contribution in [3.8, 4) is 5.75 Å². The highest BCUT2D eigenvalue weighted by Gasteiger charge is 2.15. The number of hydrogen-bond donors (Lipinski definition) is 1. The number of fused-ring (bicyclic) bond motifs is 1. The van der Waals surface area contributed by atoms with Crippen molar-refractivity contribution in [1.29, 1.82) is 0 Å². The van der Waals surface area contributed by atoms with E-state index >= 15 is 0 Å². The van der Waals surface area contributed by atoms with E-state index in [-0.39, 0.29) is 5.91 Å². The second kappa shape index (κ2) is 7.17. The third kappa shape index (κ3) is 3.58. The summed E-state index contributed by atoms with van der Waals surface area (Å²) < 4.78 is 7.95. The fourth-order valence-electron chi connectivity index (χ4n) is 2.92. The molecule has 0 saturated carbocycles. The molecule has 0 atom stereocenters. The fraction of sp³-hybridized carbons (Fsp3) is 0.412. The van der Waals surface area contributed by atoms with Crippen molar-refractivity contribution < 1.29 is 9.53 Å². The summed E-state index contributed by atoms with van der Waals surface area (Å²) in [6.45, 7) is 1.25. The minimum atomic E-state index is -0.114. The molecule has 5 nitrogen and oxygen atoms in total. The van der Waals surface area contributed by atoms with Gasteiger partial charge in [0.15, 0.2) is 0 Å². The van der Waals surface area contributed by atoms with E-state index in [1.807, 2.05) is 23.0 Å². The topological polar surface area (TPSA) is 56.1 Å². The third-order valence-corrected chi connectivity index (χ3v) is 4.86. The lowest BCUT2D eigenvalue weighted by atomic mass is 9.98. The summed E-state index contributed by atoms with van der Waals surface area (Å²) >= 11 is 3.41. The molecule has 0 aliphatic heterocycles. The van der Waals surface area contributed by atoms with Crippen LogP contribution in [0.3, 0.4) is 0 Å². The molecule has 1 amide bonds. The van der Waals surface area contributed by atoms with Gasteiger partial charge in [0, 0.05) is 16.7 Å². The maximum Gasteiger partial charge on any atom is 0.252 e. The summed E-state index contributed by atoms with van der Waals surface area (Å²) in [5, 5.41) is 7.40. The molecule has 3 rings (SSSR count). The Hall–Kier alpha value is -1.82. The van der Waals surface area contributed by atoms with Gasteiger partial charge in [-0.15, -0.1) is 0 Å². The molecule has 1 aliphatic rings. The van der Waals surface area contributed by atoms with Crippen LogP contribution in [0.4, 0.5) is 0 Å². The number of carbonyl (C=O) groups is 1. The number of ether oxygens (including phenoxy) is 1. The normalized spacial score (nSPS) is 13.5. The molecule has 1 aliphatic carbocycles. The smallest absolute Gasteiger partial charge is 0.252 e. The predicted molar refractivity (Wildman–Crippen MR) is 91.9 cm³/mol. The first kappa shape index (κ1) is 16.1. The van der Waals surface area contributed by atoms with Crippen molar-refractivity contribution in [1.82, 2.24) is 15.1 Å². The van der Waals surface area contributed by atoms with Crippen LogP contribution in [0.15, 0.2) is 28.9 Å². The Bertz CT molecular complexity index is 712. The summed E-state index contributed by atoms with van der Waals surface area (Å²) in [4.78, 5) is 12.3. The van der Waals surface area contributed by atoms with Gasteiger partial charge in [0.1, 0.15) is 5.75 Å². The maximum atomic E-state index is 12.3. The second-order valence-corrected chi connectivity index (χ2v) is 6.50. The number of nitrogens with one attached hydrogen (secondary N) is 1. The fourth-order valence-corrected chi connectivity index (χ4v) is 3.35. The van der Waals surface area contributed by atoms with Gasteiger partial charge >= 0.3 is 0 Å². The highest BCUT2D eigenvalue weighted by molar-refractivity contribution is 9.10. The summed E-state index contributed by atoms with van der Waals surface area (Å²) in [5.41, 5.74) is 3.26. The lowest BCUT2D eigenvalue weighted by Gasteiger charge is -2.14. The van der Waals surface area contributed by atoms with Crippen molar-refractivity contribution in [3.05, 3.63) is 45.7 Å². The van der Waals surface area contributed by atoms with Crippen LogP contribution in [0.2, 0.25) is 0 Å². The van der Waals surface area contributed by atoms with Crippen molar-refractivity contribution in [2.45, 2.75) is 32.2 Å². The Morgan fingerprint density at radius 1 is 1.39 bits per heavy atom. The molecule has 0 saturated heterocycles. The Morgan fingerprint density at radius 3 is 3.04 bits per heavy atom. The number of methoxy groups -OCH3 is 1. The van der Waals surface area contributed by atoms with E-state index in [2.05, 4.69) is 26.3 Å². The van der Waals surface area contributed by atoms with Crippen LogP contribution in [-0.2, 0) is 19.4 Å². The van der Waals surface area contributed by atoms with E-state index in [0.29, 0.717) is 24.4 Å². The zero-order chi connectivity index (χ0) is 16.2. The molecule has 0 bridgehead atoms. The van der Waals surface area contributed by atoms with Gasteiger partial charge in [-0.05, 0) is 65.4 Å². The Morgan fingerprint density at radius 2 is 2.22 bits per heavy atom. The quantitative estimate of drug-likeness (QED) is 0.871. The van der Waals surface area contributed by atoms with Crippen LogP contribution < -0.4 is 10.1 Å². The molecule has 1 aromatic heterocycles. The minimum Gasteiger partial charge on any atom is -0.497 e. The number of aromatic nitrogens is 2. The molecule has 1 heterocycles. The Balaban J connectivity index is 1.60. The molecule has 2 aromatic rings. The molecule has 122 valence electrons. The Labute approximate surface area is 144 Å². The van der Waals surface area contributed by atoms with E-state index < -0.39 is 0 Å². The van der Waals surface area contributed by atoms with E-state index in [1.165, 1.54) is 24.1 Å². The third-order valence-electron chi connectivity index (χ3n) is 4.17. The summed E-state index contributed by atoms with van der Waals surface area (Å²) in [6.07, 6.45) is 6.65. The number of nitrogens with zero attached hydrogens (tertiary/aromatic N) is 2. The zero-order valence-corrected chi connectivity index (χ0v) is 14.7. The first-order chi connectivity index (χ1) is 11.2. The SMILES string of the molecule is COc1ccc(Br)c(C(=O)NCCn2ncc3c2CCCC3)c1. The van der Waals surface area contributed by atoms with Gasteiger partial charge in [-0.3, -0.25) is 9.48 Å². The number of halogens is 1. The van der Waals surface area contributed by atoms with Gasteiger partial charge < -0.3 is 10.1 Å². The van der Waals surface area contributed by atoms with Gasteiger partial charge in [0.25, 0.3) is 5.91 Å². The van der Waals surface area contributed by atoms with Crippen LogP contribution in [0, 0.1) is 0 Å². The number of hydrogen-bond acceptors (Lipinski definition) is 3. The molecule has 6 heteroatoms. The van der Waals surface area contributed by atoms with Crippen LogP contribution in [0.5, 0.6) is 5.75 Å². The highest BCUT2D eigenvalue weighted by Crippen LogP contribution is 2.22. The monoisotopic (exact) mass is 377 g/mol. The van der Waals surface area contributed by atoms with Crippen LogP contribution in [-0.4, -0.2) is 29.3 Å². The molecule has 23 heavy (non-hydrogen) atoms. The van der Waals surface area contributed by atoms with E-state index in [1.54, 1.807) is 13.2 Å². The molecule has 1 N–H and O–H groups in total. The summed E-state index contributed by atoms with van der Waals surface area (Å²) in [5.74, 6) is 0.552. The van der Waals surface area contributed by atoms with Gasteiger partial charge in [-0.2, -0.15) is 5.10 Å². The van der Waals surface area contributed by atoms with Crippen molar-refractivity contribution in [2.24, 2.45) is 0 Å². The van der Waals surface area contributed by atoms with Crippen LogP contribution in [0.25, 0.3) is 0 Å². The minimum absolute atomic E-state index is 0.114. The van der Waals surface area contributed by atoms with Gasteiger partial charge in [-0.25, -0.2) is 0 Å². The van der Waals surface area contributed by atoms with E-state index in [0.717, 1.165) is 17.3 Å². The summed E-state index contributed by atoms with van der Waals surface area (Å²) in [7, 11) is 1.59. The summed E-state index contributed by atoms with van der Waals surface area (Å²) in [6, 6.07) is 5.36.